The molecule has 0 aliphatic heterocycles. The van der Waals surface area contributed by atoms with E-state index in [1.165, 1.54) is 12.1 Å². The first-order valence-corrected chi connectivity index (χ1v) is 7.82. The maximum Gasteiger partial charge on any atom is 0.269 e. The van der Waals surface area contributed by atoms with Crippen LogP contribution >= 0.6 is 11.6 Å². The van der Waals surface area contributed by atoms with Crippen LogP contribution in [-0.4, -0.2) is 10.8 Å². The Kier molecular flexibility index (Phi) is 4.77. The molecule has 0 saturated heterocycles. The number of carbonyl (C=O) groups is 1. The highest BCUT2D eigenvalue weighted by atomic mass is 35.5. The largest absolute Gasteiger partial charge is 0.322 e. The van der Waals surface area contributed by atoms with Crippen LogP contribution < -0.4 is 5.32 Å². The van der Waals surface area contributed by atoms with Crippen LogP contribution in [-0.2, 0) is 0 Å². The van der Waals surface area contributed by atoms with Gasteiger partial charge in [0.15, 0.2) is 0 Å². The molecular formula is C19H13ClN2O3. The summed E-state index contributed by atoms with van der Waals surface area (Å²) in [6.07, 6.45) is 0. The molecule has 3 aromatic carbocycles. The molecule has 0 aliphatic carbocycles. The van der Waals surface area contributed by atoms with Crippen molar-refractivity contribution in [3.63, 3.8) is 0 Å². The highest BCUT2D eigenvalue weighted by Crippen LogP contribution is 2.24. The molecule has 1 N–H and O–H groups in total. The molecule has 0 aliphatic rings. The molecule has 25 heavy (non-hydrogen) atoms. The quantitative estimate of drug-likeness (QED) is 0.520. The van der Waals surface area contributed by atoms with Crippen LogP contribution in [0.2, 0.25) is 5.02 Å². The van der Waals surface area contributed by atoms with E-state index in [4.69, 9.17) is 11.6 Å². The van der Waals surface area contributed by atoms with Crippen LogP contribution in [0.1, 0.15) is 10.4 Å². The lowest BCUT2D eigenvalue weighted by molar-refractivity contribution is -0.384. The van der Waals surface area contributed by atoms with E-state index in [2.05, 4.69) is 5.32 Å². The predicted molar refractivity (Wildman–Crippen MR) is 97.9 cm³/mol. The third-order valence-corrected chi connectivity index (χ3v) is 3.91. The van der Waals surface area contributed by atoms with Gasteiger partial charge in [-0.1, -0.05) is 23.7 Å². The predicted octanol–water partition coefficient (Wildman–Crippen LogP) is 5.17. The standard InChI is InChI=1S/C19H13ClN2O3/c20-16-7-1-15(2-8-16)19(23)21-17-9-3-13(4-10-17)14-5-11-18(12-6-14)22(24)25/h1-12H,(H,21,23). The number of nitro groups is 1. The summed E-state index contributed by atoms with van der Waals surface area (Å²) in [5.41, 5.74) is 2.99. The lowest BCUT2D eigenvalue weighted by atomic mass is 10.0. The molecule has 0 radical (unpaired) electrons. The van der Waals surface area contributed by atoms with E-state index in [1.807, 2.05) is 12.1 Å². The molecule has 0 unspecified atom stereocenters. The first-order chi connectivity index (χ1) is 12.0. The van der Waals surface area contributed by atoms with Crippen molar-refractivity contribution < 1.29 is 9.72 Å². The average Bonchev–Trinajstić information content (AvgIpc) is 2.63. The number of halogens is 1. The molecule has 0 aromatic heterocycles. The second-order valence-corrected chi connectivity index (χ2v) is 5.78. The number of nitrogens with zero attached hydrogens (tertiary/aromatic N) is 1. The van der Waals surface area contributed by atoms with Gasteiger partial charge in [-0.15, -0.1) is 0 Å². The molecular weight excluding hydrogens is 340 g/mol. The highest BCUT2D eigenvalue weighted by molar-refractivity contribution is 6.30. The lowest BCUT2D eigenvalue weighted by Gasteiger charge is -2.07. The van der Waals surface area contributed by atoms with Crippen molar-refractivity contribution in [2.45, 2.75) is 0 Å². The summed E-state index contributed by atoms with van der Waals surface area (Å²) in [5, 5.41) is 14.1. The maximum atomic E-state index is 12.2. The fourth-order valence-electron chi connectivity index (χ4n) is 2.33. The third kappa shape index (κ3) is 4.02. The Labute approximate surface area is 149 Å². The number of benzene rings is 3. The molecule has 1 amide bonds. The maximum absolute atomic E-state index is 12.2. The smallest absolute Gasteiger partial charge is 0.269 e. The fourth-order valence-corrected chi connectivity index (χ4v) is 2.45. The Morgan fingerprint density at radius 2 is 1.36 bits per heavy atom. The van der Waals surface area contributed by atoms with Gasteiger partial charge >= 0.3 is 0 Å². The first-order valence-electron chi connectivity index (χ1n) is 7.45. The topological polar surface area (TPSA) is 72.2 Å². The van der Waals surface area contributed by atoms with Crippen LogP contribution in [0, 0.1) is 10.1 Å². The normalized spacial score (nSPS) is 10.3. The number of anilines is 1. The van der Waals surface area contributed by atoms with Crippen LogP contribution in [0.15, 0.2) is 72.8 Å². The van der Waals surface area contributed by atoms with E-state index in [0.717, 1.165) is 11.1 Å². The van der Waals surface area contributed by atoms with Crippen molar-refractivity contribution in [1.82, 2.24) is 0 Å². The summed E-state index contributed by atoms with van der Waals surface area (Å²) in [5.74, 6) is -0.222. The number of rotatable bonds is 4. The van der Waals surface area contributed by atoms with Gasteiger partial charge in [0, 0.05) is 28.4 Å². The Morgan fingerprint density at radius 3 is 1.88 bits per heavy atom. The number of nitrogens with one attached hydrogen (secondary N) is 1. The molecule has 0 fully saturated rings. The monoisotopic (exact) mass is 352 g/mol. The number of hydrogen-bond donors (Lipinski definition) is 1. The number of amides is 1. The van der Waals surface area contributed by atoms with Gasteiger partial charge in [-0.2, -0.15) is 0 Å². The molecule has 0 atom stereocenters. The number of carbonyl (C=O) groups excluding carboxylic acids is 1. The van der Waals surface area contributed by atoms with E-state index in [0.29, 0.717) is 16.3 Å². The van der Waals surface area contributed by atoms with Crippen LogP contribution in [0.3, 0.4) is 0 Å². The van der Waals surface area contributed by atoms with Gasteiger partial charge in [-0.3, -0.25) is 14.9 Å². The van der Waals surface area contributed by atoms with Gasteiger partial charge in [0.05, 0.1) is 4.92 Å². The van der Waals surface area contributed by atoms with Crippen LogP contribution in [0.5, 0.6) is 0 Å². The van der Waals surface area contributed by atoms with Crippen molar-refractivity contribution in [1.29, 1.82) is 0 Å². The summed E-state index contributed by atoms with van der Waals surface area (Å²) in [7, 11) is 0. The van der Waals surface area contributed by atoms with Gasteiger partial charge in [0.2, 0.25) is 0 Å². The minimum Gasteiger partial charge on any atom is -0.322 e. The Hall–Kier alpha value is -3.18. The molecule has 3 rings (SSSR count). The summed E-state index contributed by atoms with van der Waals surface area (Å²) in [6, 6.07) is 20.2. The molecule has 5 nitrogen and oxygen atoms in total. The van der Waals surface area contributed by atoms with Crippen molar-refractivity contribution in [2.24, 2.45) is 0 Å². The Morgan fingerprint density at radius 1 is 0.840 bits per heavy atom. The van der Waals surface area contributed by atoms with E-state index in [9.17, 15) is 14.9 Å². The van der Waals surface area contributed by atoms with E-state index < -0.39 is 4.92 Å². The number of nitro benzene ring substituents is 1. The molecule has 0 heterocycles. The molecule has 6 heteroatoms. The molecule has 3 aromatic rings. The van der Waals surface area contributed by atoms with Gasteiger partial charge in [-0.25, -0.2) is 0 Å². The first kappa shape index (κ1) is 16.7. The molecule has 0 spiro atoms. The SMILES string of the molecule is O=C(Nc1ccc(-c2ccc([N+](=O)[O-])cc2)cc1)c1ccc(Cl)cc1. The minimum absolute atomic E-state index is 0.0515. The molecule has 124 valence electrons. The van der Waals surface area contributed by atoms with Gasteiger partial charge in [0.25, 0.3) is 11.6 Å². The lowest BCUT2D eigenvalue weighted by Crippen LogP contribution is -2.11. The summed E-state index contributed by atoms with van der Waals surface area (Å²) in [4.78, 5) is 22.4. The summed E-state index contributed by atoms with van der Waals surface area (Å²) in [6.45, 7) is 0. The number of hydrogen-bond acceptors (Lipinski definition) is 3. The highest BCUT2D eigenvalue weighted by Gasteiger charge is 2.07. The van der Waals surface area contributed by atoms with E-state index in [1.54, 1.807) is 48.5 Å². The molecule has 0 bridgehead atoms. The zero-order valence-electron chi connectivity index (χ0n) is 13.0. The average molecular weight is 353 g/mol. The molecule has 0 saturated carbocycles. The fraction of sp³-hybridized carbons (Fsp3) is 0. The summed E-state index contributed by atoms with van der Waals surface area (Å²) >= 11 is 5.81. The zero-order chi connectivity index (χ0) is 17.8. The second kappa shape index (κ2) is 7.15. The van der Waals surface area contributed by atoms with Gasteiger partial charge in [0.1, 0.15) is 0 Å². The summed E-state index contributed by atoms with van der Waals surface area (Å²) < 4.78 is 0. The van der Waals surface area contributed by atoms with Gasteiger partial charge < -0.3 is 5.32 Å². The van der Waals surface area contributed by atoms with Crippen molar-refractivity contribution >= 4 is 28.9 Å². The van der Waals surface area contributed by atoms with Gasteiger partial charge in [-0.05, 0) is 59.7 Å². The Balaban J connectivity index is 1.72. The third-order valence-electron chi connectivity index (χ3n) is 3.66. The second-order valence-electron chi connectivity index (χ2n) is 5.34. The minimum atomic E-state index is -0.431. The van der Waals surface area contributed by atoms with Crippen molar-refractivity contribution in [3.8, 4) is 11.1 Å². The zero-order valence-corrected chi connectivity index (χ0v) is 13.7. The van der Waals surface area contributed by atoms with E-state index >= 15 is 0 Å². The number of non-ortho nitro benzene ring substituents is 1. The van der Waals surface area contributed by atoms with Crippen molar-refractivity contribution in [2.75, 3.05) is 5.32 Å². The van der Waals surface area contributed by atoms with E-state index in [-0.39, 0.29) is 11.6 Å². The van der Waals surface area contributed by atoms with Crippen molar-refractivity contribution in [3.05, 3.63) is 93.5 Å². The van der Waals surface area contributed by atoms with Crippen LogP contribution in [0.25, 0.3) is 11.1 Å². The van der Waals surface area contributed by atoms with Crippen LogP contribution in [0.4, 0.5) is 11.4 Å². The Bertz CT molecular complexity index is 905.